The minimum absolute atomic E-state index is 0.131. The van der Waals surface area contributed by atoms with Crippen molar-refractivity contribution in [2.75, 3.05) is 31.4 Å². The quantitative estimate of drug-likeness (QED) is 0.766. The van der Waals surface area contributed by atoms with Crippen molar-refractivity contribution in [3.8, 4) is 17.2 Å². The van der Waals surface area contributed by atoms with E-state index in [0.29, 0.717) is 17.2 Å². The zero-order valence-corrected chi connectivity index (χ0v) is 15.0. The first-order valence-electron chi connectivity index (χ1n) is 8.04. The van der Waals surface area contributed by atoms with E-state index in [1.807, 2.05) is 38.1 Å². The van der Waals surface area contributed by atoms with Gasteiger partial charge in [0.2, 0.25) is 5.91 Å². The van der Waals surface area contributed by atoms with Crippen LogP contribution in [0, 0.1) is 0 Å². The van der Waals surface area contributed by atoms with Gasteiger partial charge in [0.05, 0.1) is 26.9 Å². The molecule has 0 aliphatic carbocycles. The summed E-state index contributed by atoms with van der Waals surface area (Å²) in [6.45, 7) is 4.11. The van der Waals surface area contributed by atoms with Crippen LogP contribution in [0.2, 0.25) is 0 Å². The number of ether oxygens (including phenoxy) is 3. The summed E-state index contributed by atoms with van der Waals surface area (Å²) in [7, 11) is 3.12. The van der Waals surface area contributed by atoms with Crippen LogP contribution in [0.15, 0.2) is 42.5 Å². The smallest absolute Gasteiger partial charge is 0.243 e. The van der Waals surface area contributed by atoms with Gasteiger partial charge in [0.15, 0.2) is 11.5 Å². The van der Waals surface area contributed by atoms with Gasteiger partial charge in [0.25, 0.3) is 0 Å². The Morgan fingerprint density at radius 2 is 1.60 bits per heavy atom. The summed E-state index contributed by atoms with van der Waals surface area (Å²) >= 11 is 0. The molecule has 0 fully saturated rings. The highest BCUT2D eigenvalue weighted by Crippen LogP contribution is 2.29. The SMILES string of the molecule is COc1ccc(NC(=O)CNc2ccc(OC(C)C)cc2)cc1OC. The number of anilines is 2. The lowest BCUT2D eigenvalue weighted by Crippen LogP contribution is -2.21. The lowest BCUT2D eigenvalue weighted by molar-refractivity contribution is -0.114. The summed E-state index contributed by atoms with van der Waals surface area (Å²) in [5, 5.41) is 5.89. The molecule has 1 amide bonds. The third kappa shape index (κ3) is 5.60. The zero-order chi connectivity index (χ0) is 18.2. The van der Waals surface area contributed by atoms with Gasteiger partial charge < -0.3 is 24.8 Å². The molecule has 0 saturated carbocycles. The summed E-state index contributed by atoms with van der Waals surface area (Å²) in [6.07, 6.45) is 0.131. The van der Waals surface area contributed by atoms with Crippen LogP contribution in [0.4, 0.5) is 11.4 Å². The Morgan fingerprint density at radius 3 is 2.20 bits per heavy atom. The molecule has 0 bridgehead atoms. The summed E-state index contributed by atoms with van der Waals surface area (Å²) in [5.74, 6) is 1.82. The van der Waals surface area contributed by atoms with Crippen LogP contribution in [0.3, 0.4) is 0 Å². The lowest BCUT2D eigenvalue weighted by atomic mass is 10.2. The molecule has 2 aromatic carbocycles. The van der Waals surface area contributed by atoms with Gasteiger partial charge in [-0.1, -0.05) is 0 Å². The van der Waals surface area contributed by atoms with Crippen molar-refractivity contribution < 1.29 is 19.0 Å². The molecule has 0 aromatic heterocycles. The molecule has 2 rings (SSSR count). The number of carbonyl (C=O) groups excluding carboxylic acids is 1. The summed E-state index contributed by atoms with van der Waals surface area (Å²) < 4.78 is 16.0. The number of methoxy groups -OCH3 is 2. The number of carbonyl (C=O) groups is 1. The minimum atomic E-state index is -0.158. The molecule has 0 heterocycles. The molecule has 134 valence electrons. The van der Waals surface area contributed by atoms with Crippen LogP contribution in [-0.4, -0.2) is 32.8 Å². The number of amides is 1. The fourth-order valence-electron chi connectivity index (χ4n) is 2.23. The van der Waals surface area contributed by atoms with E-state index in [9.17, 15) is 4.79 Å². The van der Waals surface area contributed by atoms with E-state index in [4.69, 9.17) is 14.2 Å². The van der Waals surface area contributed by atoms with Gasteiger partial charge in [0, 0.05) is 17.4 Å². The molecule has 0 spiro atoms. The van der Waals surface area contributed by atoms with Gasteiger partial charge in [0.1, 0.15) is 5.75 Å². The Morgan fingerprint density at radius 1 is 0.960 bits per heavy atom. The van der Waals surface area contributed by atoms with E-state index < -0.39 is 0 Å². The molecule has 6 nitrogen and oxygen atoms in total. The van der Waals surface area contributed by atoms with Gasteiger partial charge >= 0.3 is 0 Å². The van der Waals surface area contributed by atoms with Crippen molar-refractivity contribution in [1.82, 2.24) is 0 Å². The molecule has 2 N–H and O–H groups in total. The second-order valence-electron chi connectivity index (χ2n) is 5.66. The lowest BCUT2D eigenvalue weighted by Gasteiger charge is -2.12. The molecule has 0 unspecified atom stereocenters. The average Bonchev–Trinajstić information content (AvgIpc) is 2.60. The zero-order valence-electron chi connectivity index (χ0n) is 15.0. The van der Waals surface area contributed by atoms with Crippen LogP contribution < -0.4 is 24.8 Å². The van der Waals surface area contributed by atoms with E-state index in [0.717, 1.165) is 11.4 Å². The van der Waals surface area contributed by atoms with Gasteiger partial charge in [-0.25, -0.2) is 0 Å². The molecular formula is C19H24N2O4. The van der Waals surface area contributed by atoms with Crippen LogP contribution in [0.5, 0.6) is 17.2 Å². The van der Waals surface area contributed by atoms with Crippen LogP contribution in [0.25, 0.3) is 0 Å². The summed E-state index contributed by atoms with van der Waals surface area (Å²) in [4.78, 5) is 12.1. The summed E-state index contributed by atoms with van der Waals surface area (Å²) in [6, 6.07) is 12.7. The highest BCUT2D eigenvalue weighted by atomic mass is 16.5. The third-order valence-corrected chi connectivity index (χ3v) is 3.35. The van der Waals surface area contributed by atoms with Gasteiger partial charge in [-0.2, -0.15) is 0 Å². The second-order valence-corrected chi connectivity index (χ2v) is 5.66. The van der Waals surface area contributed by atoms with E-state index >= 15 is 0 Å². The van der Waals surface area contributed by atoms with Crippen molar-refractivity contribution in [2.45, 2.75) is 20.0 Å². The van der Waals surface area contributed by atoms with Crippen molar-refractivity contribution >= 4 is 17.3 Å². The maximum absolute atomic E-state index is 12.1. The second kappa shape index (κ2) is 8.82. The molecule has 0 aliphatic heterocycles. The molecule has 0 radical (unpaired) electrons. The summed E-state index contributed by atoms with van der Waals surface area (Å²) in [5.41, 5.74) is 1.49. The number of hydrogen-bond acceptors (Lipinski definition) is 5. The predicted molar refractivity (Wildman–Crippen MR) is 98.9 cm³/mol. The number of rotatable bonds is 8. The predicted octanol–water partition coefficient (Wildman–Crippen LogP) is 3.54. The van der Waals surface area contributed by atoms with E-state index in [1.54, 1.807) is 32.4 Å². The van der Waals surface area contributed by atoms with Crippen LogP contribution in [-0.2, 0) is 4.79 Å². The third-order valence-electron chi connectivity index (χ3n) is 3.35. The number of benzene rings is 2. The van der Waals surface area contributed by atoms with E-state index in [2.05, 4.69) is 10.6 Å². The molecular weight excluding hydrogens is 320 g/mol. The van der Waals surface area contributed by atoms with Crippen LogP contribution in [0.1, 0.15) is 13.8 Å². The highest BCUT2D eigenvalue weighted by Gasteiger charge is 2.07. The Kier molecular flexibility index (Phi) is 6.51. The molecule has 6 heteroatoms. The van der Waals surface area contributed by atoms with Crippen molar-refractivity contribution in [3.63, 3.8) is 0 Å². The van der Waals surface area contributed by atoms with Crippen molar-refractivity contribution in [3.05, 3.63) is 42.5 Å². The fourth-order valence-corrected chi connectivity index (χ4v) is 2.23. The molecule has 0 atom stereocenters. The molecule has 25 heavy (non-hydrogen) atoms. The topological polar surface area (TPSA) is 68.8 Å². The fraction of sp³-hybridized carbons (Fsp3) is 0.316. The molecule has 0 aliphatic rings. The Balaban J connectivity index is 1.88. The number of nitrogens with one attached hydrogen (secondary N) is 2. The average molecular weight is 344 g/mol. The standard InChI is InChI=1S/C19H24N2O4/c1-13(2)25-16-8-5-14(6-9-16)20-12-19(22)21-15-7-10-17(23-3)18(11-15)24-4/h5-11,13,20H,12H2,1-4H3,(H,21,22). The van der Waals surface area contributed by atoms with Gasteiger partial charge in [-0.3, -0.25) is 4.79 Å². The maximum atomic E-state index is 12.1. The van der Waals surface area contributed by atoms with Crippen LogP contribution >= 0.6 is 0 Å². The number of hydrogen-bond donors (Lipinski definition) is 2. The Labute approximate surface area is 148 Å². The molecule has 0 saturated heterocycles. The first kappa shape index (κ1) is 18.4. The first-order valence-corrected chi connectivity index (χ1v) is 8.04. The van der Waals surface area contributed by atoms with Gasteiger partial charge in [-0.15, -0.1) is 0 Å². The van der Waals surface area contributed by atoms with Gasteiger partial charge in [-0.05, 0) is 50.2 Å². The van der Waals surface area contributed by atoms with Crippen molar-refractivity contribution in [2.24, 2.45) is 0 Å². The highest BCUT2D eigenvalue weighted by molar-refractivity contribution is 5.94. The van der Waals surface area contributed by atoms with E-state index in [1.165, 1.54) is 0 Å². The van der Waals surface area contributed by atoms with E-state index in [-0.39, 0.29) is 18.6 Å². The largest absolute Gasteiger partial charge is 0.493 e. The first-order chi connectivity index (χ1) is 12.0. The molecule has 2 aromatic rings. The Hall–Kier alpha value is -2.89. The minimum Gasteiger partial charge on any atom is -0.493 e. The normalized spacial score (nSPS) is 10.3. The maximum Gasteiger partial charge on any atom is 0.243 e. The van der Waals surface area contributed by atoms with Crippen molar-refractivity contribution in [1.29, 1.82) is 0 Å². The Bertz CT molecular complexity index is 699. The monoisotopic (exact) mass is 344 g/mol.